The molecule has 1 heterocycles. The van der Waals surface area contributed by atoms with Crippen molar-refractivity contribution in [2.75, 3.05) is 0 Å². The van der Waals surface area contributed by atoms with Crippen LogP contribution in [-0.2, 0) is 0 Å². The Kier molecular flexibility index (Phi) is 3.99. The van der Waals surface area contributed by atoms with Crippen molar-refractivity contribution in [2.45, 2.75) is 0 Å². The Morgan fingerprint density at radius 1 is 0.367 bits per heavy atom. The highest BCUT2D eigenvalue weighted by atomic mass is 16.3. The molecule has 1 heteroatoms. The van der Waals surface area contributed by atoms with Gasteiger partial charge in [-0.05, 0) is 102 Å². The molecule has 0 spiro atoms. The van der Waals surface area contributed by atoms with Crippen molar-refractivity contribution in [1.29, 1.82) is 0 Å². The van der Waals surface area contributed by atoms with Gasteiger partial charge < -0.3 is 4.42 Å². The average molecular weight is 636 g/mol. The van der Waals surface area contributed by atoms with E-state index in [2.05, 4.69) is 0 Å². The maximum absolute atomic E-state index is 9.46. The summed E-state index contributed by atoms with van der Waals surface area (Å²) in [5.74, 6) is 0. The summed E-state index contributed by atoms with van der Waals surface area (Å²) in [6, 6.07) is 24.5. The summed E-state index contributed by atoms with van der Waals surface area (Å²) in [5.41, 5.74) is 4.25. The Hall–Kier alpha value is -6.44. The van der Waals surface area contributed by atoms with Crippen LogP contribution in [0.1, 0.15) is 17.8 Å². The molecule has 0 aliphatic heterocycles. The van der Waals surface area contributed by atoms with Gasteiger partial charge in [0.25, 0.3) is 0 Å². The van der Waals surface area contributed by atoms with Gasteiger partial charge in [0.05, 0.1) is 17.8 Å². The summed E-state index contributed by atoms with van der Waals surface area (Å²) in [7, 11) is 0. The van der Waals surface area contributed by atoms with Crippen molar-refractivity contribution in [2.24, 2.45) is 0 Å². The second-order valence-corrected chi connectivity index (χ2v) is 11.9. The number of hydrogen-bond acceptors (Lipinski definition) is 1. The van der Waals surface area contributed by atoms with Gasteiger partial charge >= 0.3 is 0 Å². The van der Waals surface area contributed by atoms with Gasteiger partial charge in [-0.2, -0.15) is 0 Å². The maximum Gasteiger partial charge on any atom is 0.143 e. The van der Waals surface area contributed by atoms with Crippen molar-refractivity contribution >= 4 is 54.3 Å². The van der Waals surface area contributed by atoms with Crippen LogP contribution in [0.5, 0.6) is 0 Å². The van der Waals surface area contributed by atoms with E-state index in [1.165, 1.54) is 0 Å². The Labute approximate surface area is 302 Å². The van der Waals surface area contributed by atoms with E-state index >= 15 is 0 Å². The first-order valence-corrected chi connectivity index (χ1v) is 15.8. The van der Waals surface area contributed by atoms with E-state index in [1.807, 2.05) is 103 Å². The molecule has 10 aromatic rings. The van der Waals surface area contributed by atoms with Crippen molar-refractivity contribution in [3.63, 3.8) is 0 Å². The van der Waals surface area contributed by atoms with Crippen LogP contribution < -0.4 is 0 Å². The highest BCUT2D eigenvalue weighted by Gasteiger charge is 2.20. The third-order valence-corrected chi connectivity index (χ3v) is 9.15. The van der Waals surface area contributed by atoms with E-state index in [0.29, 0.717) is 22.3 Å². The first-order chi connectivity index (χ1) is 29.7. The van der Waals surface area contributed by atoms with Crippen LogP contribution in [0.15, 0.2) is 186 Å². The van der Waals surface area contributed by atoms with Gasteiger partial charge in [-0.25, -0.2) is 0 Å². The lowest BCUT2D eigenvalue weighted by atomic mass is 9.84. The van der Waals surface area contributed by atoms with Gasteiger partial charge in [0.15, 0.2) is 0 Å². The van der Waals surface area contributed by atoms with Crippen LogP contribution in [0.3, 0.4) is 0 Å². The quantitative estimate of drug-likeness (QED) is 0.175. The number of fused-ring (bicyclic) bond motifs is 6. The van der Waals surface area contributed by atoms with Gasteiger partial charge in [-0.15, -0.1) is 0 Å². The summed E-state index contributed by atoms with van der Waals surface area (Å²) in [6.45, 7) is 0. The molecule has 0 aliphatic rings. The average Bonchev–Trinajstić information content (AvgIpc) is 3.67. The number of para-hydroxylation sites is 1. The van der Waals surface area contributed by atoms with Gasteiger partial charge in [-0.3, -0.25) is 0 Å². The van der Waals surface area contributed by atoms with Crippen LogP contribution in [0.2, 0.25) is 0 Å². The van der Waals surface area contributed by atoms with E-state index in [4.69, 9.17) is 16.8 Å². The smallest absolute Gasteiger partial charge is 0.143 e. The minimum absolute atomic E-state index is 0.0650. The maximum atomic E-state index is 9.46. The second kappa shape index (κ2) is 11.1. The van der Waals surface area contributed by atoms with Crippen molar-refractivity contribution in [3.05, 3.63) is 182 Å². The van der Waals surface area contributed by atoms with E-state index < -0.39 is 84.1 Å². The van der Waals surface area contributed by atoms with Gasteiger partial charge in [0.1, 0.15) is 11.2 Å². The Balaban J connectivity index is 1.43. The zero-order valence-electron chi connectivity index (χ0n) is 38.7. The molecule has 10 rings (SSSR count). The summed E-state index contributed by atoms with van der Waals surface area (Å²) >= 11 is 0. The number of furan rings is 1. The minimum atomic E-state index is -0.718. The molecule has 228 valence electrons. The zero-order chi connectivity index (χ0) is 43.6. The van der Waals surface area contributed by atoms with Crippen molar-refractivity contribution < 1.29 is 22.2 Å². The van der Waals surface area contributed by atoms with Crippen molar-refractivity contribution in [3.8, 4) is 44.5 Å². The molecule has 1 nitrogen and oxygen atoms in total. The fraction of sp³-hybridized carbons (Fsp3) is 0. The fourth-order valence-corrected chi connectivity index (χ4v) is 7.05. The molecule has 0 bridgehead atoms. The van der Waals surface area contributed by atoms with E-state index in [9.17, 15) is 5.48 Å². The topological polar surface area (TPSA) is 13.1 Å². The monoisotopic (exact) mass is 635 g/mol. The van der Waals surface area contributed by atoms with Gasteiger partial charge in [0.2, 0.25) is 0 Å². The molecule has 0 atom stereocenters. The predicted molar refractivity (Wildman–Crippen MR) is 208 cm³/mol. The minimum Gasteiger partial charge on any atom is -0.455 e. The van der Waals surface area contributed by atoms with Crippen LogP contribution in [0.25, 0.3) is 98.8 Å². The van der Waals surface area contributed by atoms with E-state index in [-0.39, 0.29) is 32.7 Å². The molecule has 0 N–H and O–H groups in total. The molecule has 0 amide bonds. The molecule has 0 fully saturated rings. The molecule has 0 saturated heterocycles. The van der Waals surface area contributed by atoms with Gasteiger partial charge in [0, 0.05) is 16.3 Å². The van der Waals surface area contributed by atoms with Crippen LogP contribution in [0.4, 0.5) is 0 Å². The normalized spacial score (nSPS) is 15.4. The fourth-order valence-electron chi connectivity index (χ4n) is 7.05. The molecule has 0 unspecified atom stereocenters. The first-order valence-electron chi connectivity index (χ1n) is 22.3. The lowest BCUT2D eigenvalue weighted by Gasteiger charge is -2.19. The molecule has 49 heavy (non-hydrogen) atoms. The molecular weight excluding hydrogens is 593 g/mol. The summed E-state index contributed by atoms with van der Waals surface area (Å²) in [5, 5.41) is 2.51. The van der Waals surface area contributed by atoms with Crippen LogP contribution in [0, 0.1) is 0 Å². The standard InChI is InChI=1S/C48H30O/c1-3-15-31(16-4-1)43-28-34(29-44-37-21-13-14-26-45(37)49-48(43)44)42-30-35(27-33-19-7-8-20-36(33)42)47-40-24-11-9-22-38(40)46(32-17-5-2-6-18-32)39-23-10-12-25-41(39)47/h1-30H/i2D,5D,6D,9D,10D,11D,12D,17D,18D,22D,23D,24D,25D. The lowest BCUT2D eigenvalue weighted by Crippen LogP contribution is -1.92. The summed E-state index contributed by atoms with van der Waals surface area (Å²) in [6.07, 6.45) is 0. The molecule has 0 aliphatic carbocycles. The largest absolute Gasteiger partial charge is 0.455 e. The lowest BCUT2D eigenvalue weighted by molar-refractivity contribution is 0.670. The first kappa shape index (κ1) is 17.6. The molecule has 9 aromatic carbocycles. The highest BCUT2D eigenvalue weighted by molar-refractivity contribution is 6.22. The third kappa shape index (κ3) is 4.40. The Morgan fingerprint density at radius 2 is 0.939 bits per heavy atom. The van der Waals surface area contributed by atoms with E-state index in [1.54, 1.807) is 0 Å². The zero-order valence-corrected chi connectivity index (χ0v) is 25.7. The van der Waals surface area contributed by atoms with E-state index in [0.717, 1.165) is 38.2 Å². The Morgan fingerprint density at radius 3 is 1.65 bits per heavy atom. The molecule has 0 saturated carbocycles. The number of hydrogen-bond donors (Lipinski definition) is 0. The molecule has 1 aromatic heterocycles. The highest BCUT2D eigenvalue weighted by Crippen LogP contribution is 2.46. The molecular formula is C48H30O. The predicted octanol–water partition coefficient (Wildman–Crippen LogP) is 13.7. The summed E-state index contributed by atoms with van der Waals surface area (Å²) in [4.78, 5) is 0. The number of rotatable bonds is 4. The van der Waals surface area contributed by atoms with Crippen molar-refractivity contribution in [1.82, 2.24) is 0 Å². The summed E-state index contributed by atoms with van der Waals surface area (Å²) < 4.78 is 123. The third-order valence-electron chi connectivity index (χ3n) is 9.15. The number of benzene rings is 9. The van der Waals surface area contributed by atoms with Gasteiger partial charge in [-0.1, -0.05) is 151 Å². The van der Waals surface area contributed by atoms with Crippen LogP contribution >= 0.6 is 0 Å². The second-order valence-electron chi connectivity index (χ2n) is 11.9. The van der Waals surface area contributed by atoms with Crippen LogP contribution in [-0.4, -0.2) is 0 Å². The SMILES string of the molecule is [2H]c1c([2H])c([2H])c(-c2c3c([2H])c([2H])c([2H])c([2H])c3c(-c3cc(-c4cc(-c5ccccc5)c5oc6ccccc6c5c4)c4ccccc4c3)c3c([2H])c([2H])c([2H])c([2H])c23)c([2H])c1[2H]. The Bertz CT molecular complexity index is 3510. The molecule has 0 radical (unpaired) electrons.